The van der Waals surface area contributed by atoms with Gasteiger partial charge >= 0.3 is 0 Å². The van der Waals surface area contributed by atoms with Crippen molar-refractivity contribution in [1.29, 1.82) is 0 Å². The second kappa shape index (κ2) is 11.1. The molecule has 0 aliphatic carbocycles. The summed E-state index contributed by atoms with van der Waals surface area (Å²) in [6, 6.07) is 19.5. The van der Waals surface area contributed by atoms with Crippen LogP contribution >= 0.6 is 0 Å². The number of aliphatic hydroxyl groups is 1. The number of imide groups is 1. The quantitative estimate of drug-likeness (QED) is 0.321. The number of hydrogen-bond donors (Lipinski definition) is 3. The van der Waals surface area contributed by atoms with Crippen LogP contribution in [0.25, 0.3) is 16.7 Å². The lowest BCUT2D eigenvalue weighted by atomic mass is 9.91. The summed E-state index contributed by atoms with van der Waals surface area (Å²) < 4.78 is 13.4. The molecule has 3 N–H and O–H groups in total. The molecule has 3 aromatic rings. The minimum Gasteiger partial charge on any atom is -0.396 e. The van der Waals surface area contributed by atoms with Crippen LogP contribution in [0.5, 0.6) is 0 Å². The van der Waals surface area contributed by atoms with Crippen molar-refractivity contribution in [3.63, 3.8) is 0 Å². The number of fused-ring (bicyclic) bond motifs is 1. The van der Waals surface area contributed by atoms with E-state index in [-0.39, 0.29) is 12.4 Å². The van der Waals surface area contributed by atoms with Crippen LogP contribution in [-0.4, -0.2) is 41.5 Å². The third kappa shape index (κ3) is 5.79. The topological polar surface area (TPSA) is 81.7 Å². The van der Waals surface area contributed by atoms with Gasteiger partial charge in [-0.25, -0.2) is 4.39 Å². The fourth-order valence-corrected chi connectivity index (χ4v) is 5.03. The van der Waals surface area contributed by atoms with Crippen molar-refractivity contribution in [2.24, 2.45) is 5.92 Å². The molecule has 190 valence electrons. The summed E-state index contributed by atoms with van der Waals surface area (Å²) in [4.78, 5) is 27.6. The predicted octanol–water partition coefficient (Wildman–Crippen LogP) is 4.81. The van der Waals surface area contributed by atoms with E-state index in [0.29, 0.717) is 22.6 Å². The van der Waals surface area contributed by atoms with Gasteiger partial charge in [-0.05, 0) is 91.4 Å². The van der Waals surface area contributed by atoms with E-state index in [4.69, 9.17) is 5.11 Å². The number of anilines is 1. The van der Waals surface area contributed by atoms with Gasteiger partial charge in [0.2, 0.25) is 0 Å². The summed E-state index contributed by atoms with van der Waals surface area (Å²) >= 11 is 0. The maximum absolute atomic E-state index is 13.4. The normalized spacial score (nSPS) is 17.5. The number of carbonyl (C=O) groups excluding carboxylic acids is 2. The van der Waals surface area contributed by atoms with Crippen LogP contribution in [0.3, 0.4) is 0 Å². The molecule has 7 heteroatoms. The highest BCUT2D eigenvalue weighted by atomic mass is 19.1. The highest BCUT2D eigenvalue weighted by Gasteiger charge is 2.27. The molecule has 2 heterocycles. The number of rotatable bonds is 7. The minimum atomic E-state index is -0.470. The first-order chi connectivity index (χ1) is 18.0. The van der Waals surface area contributed by atoms with Crippen molar-refractivity contribution < 1.29 is 19.1 Å². The monoisotopic (exact) mass is 499 g/mol. The summed E-state index contributed by atoms with van der Waals surface area (Å²) in [5.74, 6) is -0.602. The van der Waals surface area contributed by atoms with E-state index in [1.165, 1.54) is 17.7 Å². The SMILES string of the molecule is O=C1NC(=O)c2ccc(-c3ccc(F)cc3)cc2/C1=C/Nc1ccc(CN2CCC(CCO)CC2)cc1. The number of piperidine rings is 1. The van der Waals surface area contributed by atoms with E-state index in [0.717, 1.165) is 55.7 Å². The Balaban J connectivity index is 1.30. The van der Waals surface area contributed by atoms with Crippen LogP contribution < -0.4 is 10.6 Å². The molecule has 2 aliphatic heterocycles. The predicted molar refractivity (Wildman–Crippen MR) is 142 cm³/mol. The Morgan fingerprint density at radius 3 is 2.32 bits per heavy atom. The van der Waals surface area contributed by atoms with Crippen molar-refractivity contribution in [1.82, 2.24) is 10.2 Å². The van der Waals surface area contributed by atoms with Crippen molar-refractivity contribution in [3.8, 4) is 11.1 Å². The van der Waals surface area contributed by atoms with E-state index in [1.54, 1.807) is 36.5 Å². The van der Waals surface area contributed by atoms with Gasteiger partial charge in [0, 0.05) is 36.2 Å². The molecular formula is C30H30FN3O3. The molecule has 1 fully saturated rings. The highest BCUT2D eigenvalue weighted by molar-refractivity contribution is 6.31. The van der Waals surface area contributed by atoms with Crippen LogP contribution in [0.15, 0.2) is 72.9 Å². The Morgan fingerprint density at radius 2 is 1.62 bits per heavy atom. The molecule has 3 aromatic carbocycles. The van der Waals surface area contributed by atoms with Gasteiger partial charge in [-0.2, -0.15) is 0 Å². The molecule has 2 aliphatic rings. The van der Waals surface area contributed by atoms with Crippen LogP contribution in [-0.2, 0) is 11.3 Å². The Morgan fingerprint density at radius 1 is 0.919 bits per heavy atom. The lowest BCUT2D eigenvalue weighted by molar-refractivity contribution is -0.114. The first kappa shape index (κ1) is 24.9. The number of likely N-dealkylation sites (tertiary alicyclic amines) is 1. The largest absolute Gasteiger partial charge is 0.396 e. The number of benzene rings is 3. The molecule has 1 saturated heterocycles. The van der Waals surface area contributed by atoms with Crippen molar-refractivity contribution >= 4 is 23.1 Å². The zero-order valence-corrected chi connectivity index (χ0v) is 20.5. The van der Waals surface area contributed by atoms with Gasteiger partial charge in [0.05, 0.1) is 5.57 Å². The van der Waals surface area contributed by atoms with Crippen molar-refractivity contribution in [2.75, 3.05) is 25.0 Å². The fraction of sp³-hybridized carbons (Fsp3) is 0.267. The van der Waals surface area contributed by atoms with Gasteiger partial charge in [0.25, 0.3) is 11.8 Å². The molecule has 37 heavy (non-hydrogen) atoms. The highest BCUT2D eigenvalue weighted by Crippen LogP contribution is 2.30. The van der Waals surface area contributed by atoms with Crippen LogP contribution in [0.4, 0.5) is 10.1 Å². The molecule has 0 radical (unpaired) electrons. The molecule has 0 spiro atoms. The summed E-state index contributed by atoms with van der Waals surface area (Å²) in [6.07, 6.45) is 4.77. The number of hydrogen-bond acceptors (Lipinski definition) is 5. The molecule has 0 bridgehead atoms. The standard InChI is InChI=1S/C30H30FN3O3/c31-24-6-3-22(4-7-24)23-5-10-26-27(17-23)28(30(37)33-29(26)36)18-32-25-8-1-21(2-9-25)19-34-14-11-20(12-15-34)13-16-35/h1-10,17-18,20,32,35H,11-16,19H2,(H,33,36,37)/b28-18-. The van der Waals surface area contributed by atoms with Crippen LogP contribution in [0.2, 0.25) is 0 Å². The van der Waals surface area contributed by atoms with Gasteiger partial charge in [-0.1, -0.05) is 30.3 Å². The number of halogens is 1. The lowest BCUT2D eigenvalue weighted by Crippen LogP contribution is -2.36. The zero-order valence-electron chi connectivity index (χ0n) is 20.5. The van der Waals surface area contributed by atoms with Gasteiger partial charge in [0.15, 0.2) is 0 Å². The average molecular weight is 500 g/mol. The zero-order chi connectivity index (χ0) is 25.8. The number of nitrogens with one attached hydrogen (secondary N) is 2. The third-order valence-electron chi connectivity index (χ3n) is 7.19. The number of nitrogens with zero attached hydrogens (tertiary/aromatic N) is 1. The molecule has 0 unspecified atom stereocenters. The van der Waals surface area contributed by atoms with Crippen molar-refractivity contribution in [3.05, 3.63) is 95.4 Å². The molecule has 2 amide bonds. The summed E-state index contributed by atoms with van der Waals surface area (Å²) in [5.41, 5.74) is 4.93. The molecule has 0 saturated carbocycles. The third-order valence-corrected chi connectivity index (χ3v) is 7.19. The summed E-state index contributed by atoms with van der Waals surface area (Å²) in [5, 5.41) is 14.7. The Kier molecular flexibility index (Phi) is 7.44. The Hall–Kier alpha value is -3.81. The van der Waals surface area contributed by atoms with Gasteiger partial charge in [0.1, 0.15) is 5.82 Å². The molecular weight excluding hydrogens is 469 g/mol. The summed E-state index contributed by atoms with van der Waals surface area (Å²) in [6.45, 7) is 3.25. The number of amides is 2. The first-order valence-corrected chi connectivity index (χ1v) is 12.6. The first-order valence-electron chi connectivity index (χ1n) is 12.6. The fourth-order valence-electron chi connectivity index (χ4n) is 5.03. The van der Waals surface area contributed by atoms with E-state index in [1.807, 2.05) is 12.1 Å². The van der Waals surface area contributed by atoms with Gasteiger partial charge < -0.3 is 10.4 Å². The minimum absolute atomic E-state index is 0.272. The van der Waals surface area contributed by atoms with E-state index in [9.17, 15) is 14.0 Å². The maximum atomic E-state index is 13.4. The van der Waals surface area contributed by atoms with E-state index >= 15 is 0 Å². The van der Waals surface area contributed by atoms with Crippen molar-refractivity contribution in [2.45, 2.75) is 25.8 Å². The number of carbonyl (C=O) groups is 2. The van der Waals surface area contributed by atoms with Crippen LogP contribution in [0.1, 0.15) is 40.7 Å². The smallest absolute Gasteiger partial charge is 0.260 e. The molecule has 0 atom stereocenters. The lowest BCUT2D eigenvalue weighted by Gasteiger charge is -2.31. The Labute approximate surface area is 215 Å². The second-order valence-corrected chi connectivity index (χ2v) is 9.68. The molecule has 5 rings (SSSR count). The average Bonchev–Trinajstić information content (AvgIpc) is 2.91. The van der Waals surface area contributed by atoms with E-state index in [2.05, 4.69) is 27.7 Å². The Bertz CT molecular complexity index is 1310. The molecule has 6 nitrogen and oxygen atoms in total. The second-order valence-electron chi connectivity index (χ2n) is 9.68. The van der Waals surface area contributed by atoms with E-state index < -0.39 is 11.8 Å². The van der Waals surface area contributed by atoms with Crippen LogP contribution in [0, 0.1) is 11.7 Å². The summed E-state index contributed by atoms with van der Waals surface area (Å²) in [7, 11) is 0. The molecule has 0 aromatic heterocycles. The van der Waals surface area contributed by atoms with Gasteiger partial charge in [-0.3, -0.25) is 19.8 Å². The van der Waals surface area contributed by atoms with Gasteiger partial charge in [-0.15, -0.1) is 0 Å². The number of aliphatic hydroxyl groups excluding tert-OH is 1. The maximum Gasteiger partial charge on any atom is 0.260 e.